The molecule has 0 aromatic carbocycles. The molecule has 0 saturated carbocycles. The van der Waals surface area contributed by atoms with Crippen molar-refractivity contribution in [2.45, 2.75) is 32.7 Å². The SMILES string of the molecule is C#CCN1CC(C)CCC1C. The highest BCUT2D eigenvalue weighted by molar-refractivity contribution is 4.91. The molecule has 0 bridgehead atoms. The Balaban J connectivity index is 2.42. The summed E-state index contributed by atoms with van der Waals surface area (Å²) < 4.78 is 0. The van der Waals surface area contributed by atoms with Crippen LogP contribution in [0.5, 0.6) is 0 Å². The normalized spacial score (nSPS) is 33.2. The first-order valence-corrected chi connectivity index (χ1v) is 4.41. The van der Waals surface area contributed by atoms with Crippen molar-refractivity contribution in [3.63, 3.8) is 0 Å². The highest BCUT2D eigenvalue weighted by Crippen LogP contribution is 2.20. The van der Waals surface area contributed by atoms with Gasteiger partial charge in [0.25, 0.3) is 0 Å². The van der Waals surface area contributed by atoms with Gasteiger partial charge in [0.05, 0.1) is 6.54 Å². The van der Waals surface area contributed by atoms with Gasteiger partial charge in [-0.3, -0.25) is 4.90 Å². The minimum absolute atomic E-state index is 0.697. The van der Waals surface area contributed by atoms with Crippen LogP contribution < -0.4 is 0 Å². The zero-order valence-electron chi connectivity index (χ0n) is 7.51. The Morgan fingerprint density at radius 3 is 2.82 bits per heavy atom. The van der Waals surface area contributed by atoms with Gasteiger partial charge in [-0.15, -0.1) is 6.42 Å². The molecule has 0 amide bonds. The zero-order chi connectivity index (χ0) is 8.27. The lowest BCUT2D eigenvalue weighted by Crippen LogP contribution is -2.41. The molecule has 11 heavy (non-hydrogen) atoms. The second-order valence-corrected chi connectivity index (χ2v) is 3.67. The Labute approximate surface area is 69.8 Å². The quantitative estimate of drug-likeness (QED) is 0.516. The van der Waals surface area contributed by atoms with Gasteiger partial charge in [0, 0.05) is 12.6 Å². The number of piperidine rings is 1. The van der Waals surface area contributed by atoms with Crippen molar-refractivity contribution >= 4 is 0 Å². The highest BCUT2D eigenvalue weighted by Gasteiger charge is 2.21. The molecule has 1 rings (SSSR count). The van der Waals surface area contributed by atoms with Crippen molar-refractivity contribution in [3.8, 4) is 12.3 Å². The molecule has 0 N–H and O–H groups in total. The van der Waals surface area contributed by atoms with Crippen LogP contribution in [0.1, 0.15) is 26.7 Å². The minimum Gasteiger partial charge on any atom is -0.289 e. The Bertz CT molecular complexity index is 157. The molecule has 1 heteroatoms. The molecule has 1 fully saturated rings. The maximum atomic E-state index is 5.28. The third-order valence-electron chi connectivity index (χ3n) is 2.54. The number of hydrogen-bond acceptors (Lipinski definition) is 1. The molecule has 1 aliphatic heterocycles. The number of hydrogen-bond donors (Lipinski definition) is 0. The second kappa shape index (κ2) is 3.78. The van der Waals surface area contributed by atoms with Crippen LogP contribution in [0.15, 0.2) is 0 Å². The fourth-order valence-electron chi connectivity index (χ4n) is 1.72. The van der Waals surface area contributed by atoms with E-state index in [9.17, 15) is 0 Å². The zero-order valence-corrected chi connectivity index (χ0v) is 7.51. The van der Waals surface area contributed by atoms with E-state index in [4.69, 9.17) is 6.42 Å². The van der Waals surface area contributed by atoms with E-state index in [1.165, 1.54) is 19.4 Å². The van der Waals surface area contributed by atoms with E-state index in [1.807, 2.05) is 0 Å². The van der Waals surface area contributed by atoms with Crippen LogP contribution in [0.3, 0.4) is 0 Å². The lowest BCUT2D eigenvalue weighted by molar-refractivity contribution is 0.142. The van der Waals surface area contributed by atoms with Crippen molar-refractivity contribution in [1.82, 2.24) is 4.90 Å². The van der Waals surface area contributed by atoms with Crippen molar-refractivity contribution in [2.75, 3.05) is 13.1 Å². The fourth-order valence-corrected chi connectivity index (χ4v) is 1.72. The Morgan fingerprint density at radius 1 is 1.45 bits per heavy atom. The lowest BCUT2D eigenvalue weighted by Gasteiger charge is -2.35. The largest absolute Gasteiger partial charge is 0.289 e. The van der Waals surface area contributed by atoms with Crippen molar-refractivity contribution in [3.05, 3.63) is 0 Å². The van der Waals surface area contributed by atoms with Gasteiger partial charge in [0.2, 0.25) is 0 Å². The smallest absolute Gasteiger partial charge is 0.0601 e. The summed E-state index contributed by atoms with van der Waals surface area (Å²) in [6, 6.07) is 0.697. The van der Waals surface area contributed by atoms with E-state index in [2.05, 4.69) is 24.7 Å². The number of nitrogens with zero attached hydrogens (tertiary/aromatic N) is 1. The minimum atomic E-state index is 0.697. The summed E-state index contributed by atoms with van der Waals surface area (Å²) in [6.07, 6.45) is 7.95. The molecule has 1 nitrogen and oxygen atoms in total. The van der Waals surface area contributed by atoms with E-state index in [-0.39, 0.29) is 0 Å². The van der Waals surface area contributed by atoms with Gasteiger partial charge in [-0.2, -0.15) is 0 Å². The van der Waals surface area contributed by atoms with Gasteiger partial charge in [0.15, 0.2) is 0 Å². The molecule has 2 atom stereocenters. The van der Waals surface area contributed by atoms with Crippen molar-refractivity contribution in [2.24, 2.45) is 5.92 Å². The van der Waals surface area contributed by atoms with Crippen LogP contribution in [0.25, 0.3) is 0 Å². The van der Waals surface area contributed by atoms with Crippen LogP contribution in [-0.4, -0.2) is 24.0 Å². The summed E-state index contributed by atoms with van der Waals surface area (Å²) in [4.78, 5) is 2.40. The van der Waals surface area contributed by atoms with Crippen LogP contribution >= 0.6 is 0 Å². The molecular formula is C10H17N. The Hall–Kier alpha value is -0.480. The molecular weight excluding hydrogens is 134 g/mol. The second-order valence-electron chi connectivity index (χ2n) is 3.67. The third kappa shape index (κ3) is 2.24. The molecule has 0 aliphatic carbocycles. The predicted octanol–water partition coefficient (Wildman–Crippen LogP) is 1.74. The highest BCUT2D eigenvalue weighted by atomic mass is 15.2. The molecule has 2 unspecified atom stereocenters. The summed E-state index contributed by atoms with van der Waals surface area (Å²) in [6.45, 7) is 6.58. The van der Waals surface area contributed by atoms with E-state index in [0.29, 0.717) is 6.04 Å². The summed E-state index contributed by atoms with van der Waals surface area (Å²) in [5.74, 6) is 3.55. The van der Waals surface area contributed by atoms with Gasteiger partial charge in [-0.25, -0.2) is 0 Å². The predicted molar refractivity (Wildman–Crippen MR) is 48.3 cm³/mol. The summed E-state index contributed by atoms with van der Waals surface area (Å²) in [5.41, 5.74) is 0. The average molecular weight is 151 g/mol. The maximum absolute atomic E-state index is 5.28. The van der Waals surface area contributed by atoms with Gasteiger partial charge in [-0.1, -0.05) is 12.8 Å². The van der Waals surface area contributed by atoms with Gasteiger partial charge < -0.3 is 0 Å². The molecule has 1 saturated heterocycles. The standard InChI is InChI=1S/C10H17N/c1-4-7-11-8-9(2)5-6-10(11)3/h1,9-10H,5-8H2,2-3H3. The number of likely N-dealkylation sites (tertiary alicyclic amines) is 1. The fraction of sp³-hybridized carbons (Fsp3) is 0.800. The van der Waals surface area contributed by atoms with Crippen molar-refractivity contribution in [1.29, 1.82) is 0 Å². The maximum Gasteiger partial charge on any atom is 0.0601 e. The van der Waals surface area contributed by atoms with E-state index < -0.39 is 0 Å². The number of rotatable bonds is 1. The first-order chi connectivity index (χ1) is 5.24. The molecule has 0 radical (unpaired) electrons. The lowest BCUT2D eigenvalue weighted by atomic mass is 9.95. The third-order valence-corrected chi connectivity index (χ3v) is 2.54. The molecule has 0 spiro atoms. The number of terminal acetylenes is 1. The molecule has 1 heterocycles. The molecule has 62 valence electrons. The van der Waals surface area contributed by atoms with Crippen molar-refractivity contribution < 1.29 is 0 Å². The van der Waals surface area contributed by atoms with Gasteiger partial charge in [-0.05, 0) is 25.7 Å². The molecule has 0 aromatic rings. The first kappa shape index (κ1) is 8.62. The van der Waals surface area contributed by atoms with Gasteiger partial charge >= 0.3 is 0 Å². The van der Waals surface area contributed by atoms with Crippen LogP contribution in [0.4, 0.5) is 0 Å². The Kier molecular flexibility index (Phi) is 2.96. The van der Waals surface area contributed by atoms with E-state index in [1.54, 1.807) is 0 Å². The van der Waals surface area contributed by atoms with E-state index in [0.717, 1.165) is 12.5 Å². The van der Waals surface area contributed by atoms with Gasteiger partial charge in [0.1, 0.15) is 0 Å². The summed E-state index contributed by atoms with van der Waals surface area (Å²) in [5, 5.41) is 0. The summed E-state index contributed by atoms with van der Waals surface area (Å²) >= 11 is 0. The summed E-state index contributed by atoms with van der Waals surface area (Å²) in [7, 11) is 0. The Morgan fingerprint density at radius 2 is 2.18 bits per heavy atom. The van der Waals surface area contributed by atoms with E-state index >= 15 is 0 Å². The monoisotopic (exact) mass is 151 g/mol. The topological polar surface area (TPSA) is 3.24 Å². The molecule has 1 aliphatic rings. The molecule has 0 aromatic heterocycles. The first-order valence-electron chi connectivity index (χ1n) is 4.41. The average Bonchev–Trinajstić information content (AvgIpc) is 1.98. The van der Waals surface area contributed by atoms with Crippen LogP contribution in [0, 0.1) is 18.3 Å². The van der Waals surface area contributed by atoms with Crippen LogP contribution in [-0.2, 0) is 0 Å². The van der Waals surface area contributed by atoms with Crippen LogP contribution in [0.2, 0.25) is 0 Å².